The zero-order valence-electron chi connectivity index (χ0n) is 11.6. The van der Waals surface area contributed by atoms with Crippen molar-refractivity contribution in [2.75, 3.05) is 6.54 Å². The number of benzene rings is 1. The third kappa shape index (κ3) is 2.44. The Kier molecular flexibility index (Phi) is 3.50. The lowest BCUT2D eigenvalue weighted by atomic mass is 9.97. The second-order valence-corrected chi connectivity index (χ2v) is 5.39. The van der Waals surface area contributed by atoms with Gasteiger partial charge in [-0.25, -0.2) is 0 Å². The Hall–Kier alpha value is -2.16. The van der Waals surface area contributed by atoms with Crippen LogP contribution in [0.25, 0.3) is 0 Å². The molecule has 3 nitrogen and oxygen atoms in total. The lowest BCUT2D eigenvalue weighted by Crippen LogP contribution is -2.33. The maximum absolute atomic E-state index is 12.5. The number of hydrogen-bond acceptors (Lipinski definition) is 2. The van der Waals surface area contributed by atoms with Crippen molar-refractivity contribution in [3.8, 4) is 0 Å². The summed E-state index contributed by atoms with van der Waals surface area (Å²) in [5, 5.41) is 0. The molecule has 0 spiro atoms. The first-order valence-corrected chi connectivity index (χ1v) is 7.01. The molecule has 1 amide bonds. The van der Waals surface area contributed by atoms with E-state index in [-0.39, 0.29) is 11.9 Å². The number of nitrogens with zero attached hydrogens (tertiary/aromatic N) is 2. The van der Waals surface area contributed by atoms with Crippen molar-refractivity contribution >= 4 is 5.91 Å². The molecule has 2 unspecified atom stereocenters. The lowest BCUT2D eigenvalue weighted by molar-refractivity contribution is 0.0746. The van der Waals surface area contributed by atoms with Gasteiger partial charge in [-0.2, -0.15) is 0 Å². The van der Waals surface area contributed by atoms with E-state index in [0.717, 1.165) is 18.5 Å². The van der Waals surface area contributed by atoms with Crippen LogP contribution in [0.5, 0.6) is 0 Å². The van der Waals surface area contributed by atoms with Crippen LogP contribution >= 0.6 is 0 Å². The van der Waals surface area contributed by atoms with Crippen LogP contribution in [0.2, 0.25) is 0 Å². The number of aromatic nitrogens is 1. The second-order valence-electron chi connectivity index (χ2n) is 5.39. The normalized spacial score (nSPS) is 21.9. The van der Waals surface area contributed by atoms with Gasteiger partial charge >= 0.3 is 0 Å². The molecule has 0 N–H and O–H groups in total. The molecule has 1 fully saturated rings. The molecule has 2 aromatic rings. The van der Waals surface area contributed by atoms with E-state index >= 15 is 0 Å². The molecule has 1 aromatic carbocycles. The molecule has 1 aliphatic rings. The standard InChI is InChI=1S/C17H18N2O/c1-13-11-16(14-5-3-2-4-6-14)12-19(13)17(20)15-7-9-18-10-8-15/h2-10,13,16H,11-12H2,1H3. The van der Waals surface area contributed by atoms with E-state index in [9.17, 15) is 4.79 Å². The predicted molar refractivity (Wildman–Crippen MR) is 78.5 cm³/mol. The van der Waals surface area contributed by atoms with Crippen LogP contribution in [0.3, 0.4) is 0 Å². The molecule has 0 radical (unpaired) electrons. The summed E-state index contributed by atoms with van der Waals surface area (Å²) < 4.78 is 0. The molecule has 1 aliphatic heterocycles. The molecular formula is C17H18N2O. The summed E-state index contributed by atoms with van der Waals surface area (Å²) in [7, 11) is 0. The van der Waals surface area contributed by atoms with Crippen molar-refractivity contribution < 1.29 is 4.79 Å². The number of likely N-dealkylation sites (tertiary alicyclic amines) is 1. The Labute approximate surface area is 119 Å². The number of amides is 1. The van der Waals surface area contributed by atoms with Crippen molar-refractivity contribution in [1.82, 2.24) is 9.88 Å². The molecule has 1 aromatic heterocycles. The molecule has 1 saturated heterocycles. The zero-order chi connectivity index (χ0) is 13.9. The quantitative estimate of drug-likeness (QED) is 0.837. The minimum Gasteiger partial charge on any atom is -0.335 e. The van der Waals surface area contributed by atoms with Gasteiger partial charge in [0.05, 0.1) is 0 Å². The third-order valence-electron chi connectivity index (χ3n) is 4.03. The van der Waals surface area contributed by atoms with Crippen LogP contribution in [0.1, 0.15) is 35.2 Å². The molecule has 0 saturated carbocycles. The zero-order valence-corrected chi connectivity index (χ0v) is 11.6. The average molecular weight is 266 g/mol. The first-order valence-electron chi connectivity index (χ1n) is 7.01. The van der Waals surface area contributed by atoms with E-state index in [2.05, 4.69) is 36.2 Å². The minimum absolute atomic E-state index is 0.110. The fraction of sp³-hybridized carbons (Fsp3) is 0.294. The number of hydrogen-bond donors (Lipinski definition) is 0. The van der Waals surface area contributed by atoms with Gasteiger partial charge in [0.2, 0.25) is 0 Å². The van der Waals surface area contributed by atoms with E-state index in [1.165, 1.54) is 5.56 Å². The van der Waals surface area contributed by atoms with Gasteiger partial charge in [0, 0.05) is 36.5 Å². The van der Waals surface area contributed by atoms with Crippen molar-refractivity contribution in [2.45, 2.75) is 25.3 Å². The van der Waals surface area contributed by atoms with Crippen molar-refractivity contribution in [3.05, 3.63) is 66.0 Å². The van der Waals surface area contributed by atoms with Crippen molar-refractivity contribution in [2.24, 2.45) is 0 Å². The van der Waals surface area contributed by atoms with Gasteiger partial charge in [-0.15, -0.1) is 0 Å². The van der Waals surface area contributed by atoms with Crippen LogP contribution in [-0.4, -0.2) is 28.4 Å². The summed E-state index contributed by atoms with van der Waals surface area (Å²) in [6.45, 7) is 2.92. The number of pyridine rings is 1. The summed E-state index contributed by atoms with van der Waals surface area (Å²) in [6.07, 6.45) is 4.37. The summed E-state index contributed by atoms with van der Waals surface area (Å²) in [6, 6.07) is 14.3. The van der Waals surface area contributed by atoms with Gasteiger partial charge in [0.25, 0.3) is 5.91 Å². The molecule has 3 rings (SSSR count). The van der Waals surface area contributed by atoms with E-state index in [1.54, 1.807) is 24.5 Å². The highest BCUT2D eigenvalue weighted by Gasteiger charge is 2.33. The fourth-order valence-electron chi connectivity index (χ4n) is 2.94. The van der Waals surface area contributed by atoms with Crippen molar-refractivity contribution in [3.63, 3.8) is 0 Å². The van der Waals surface area contributed by atoms with Gasteiger partial charge in [-0.1, -0.05) is 30.3 Å². The topological polar surface area (TPSA) is 33.2 Å². The number of carbonyl (C=O) groups is 1. The Balaban J connectivity index is 1.78. The van der Waals surface area contributed by atoms with Crippen LogP contribution in [0, 0.1) is 0 Å². The maximum atomic E-state index is 12.5. The van der Waals surface area contributed by atoms with E-state index in [1.807, 2.05) is 11.0 Å². The molecule has 2 heterocycles. The van der Waals surface area contributed by atoms with Gasteiger partial charge < -0.3 is 4.90 Å². The molecular weight excluding hydrogens is 248 g/mol. The Morgan fingerprint density at radius 3 is 2.55 bits per heavy atom. The predicted octanol–water partition coefficient (Wildman–Crippen LogP) is 3.10. The fourth-order valence-corrected chi connectivity index (χ4v) is 2.94. The van der Waals surface area contributed by atoms with Crippen LogP contribution in [-0.2, 0) is 0 Å². The van der Waals surface area contributed by atoms with Gasteiger partial charge in [-0.05, 0) is 31.0 Å². The third-order valence-corrected chi connectivity index (χ3v) is 4.03. The van der Waals surface area contributed by atoms with E-state index in [4.69, 9.17) is 0 Å². The highest BCUT2D eigenvalue weighted by Crippen LogP contribution is 2.32. The second kappa shape index (κ2) is 5.45. The molecule has 2 atom stereocenters. The van der Waals surface area contributed by atoms with Gasteiger partial charge in [0.1, 0.15) is 0 Å². The summed E-state index contributed by atoms with van der Waals surface area (Å²) in [5.41, 5.74) is 2.05. The van der Waals surface area contributed by atoms with Crippen LogP contribution in [0.15, 0.2) is 54.9 Å². The van der Waals surface area contributed by atoms with E-state index in [0.29, 0.717) is 5.92 Å². The first-order chi connectivity index (χ1) is 9.75. The average Bonchev–Trinajstić information content (AvgIpc) is 2.90. The Morgan fingerprint density at radius 1 is 1.15 bits per heavy atom. The summed E-state index contributed by atoms with van der Waals surface area (Å²) >= 11 is 0. The van der Waals surface area contributed by atoms with Gasteiger partial charge in [-0.3, -0.25) is 9.78 Å². The van der Waals surface area contributed by atoms with Crippen molar-refractivity contribution in [1.29, 1.82) is 0 Å². The smallest absolute Gasteiger partial charge is 0.254 e. The SMILES string of the molecule is CC1CC(c2ccccc2)CN1C(=O)c1ccncc1. The highest BCUT2D eigenvalue weighted by molar-refractivity contribution is 5.94. The number of carbonyl (C=O) groups excluding carboxylic acids is 1. The van der Waals surface area contributed by atoms with Crippen LogP contribution in [0.4, 0.5) is 0 Å². The molecule has 0 aliphatic carbocycles. The summed E-state index contributed by atoms with van der Waals surface area (Å²) in [5.74, 6) is 0.551. The number of rotatable bonds is 2. The molecule has 0 bridgehead atoms. The monoisotopic (exact) mass is 266 g/mol. The lowest BCUT2D eigenvalue weighted by Gasteiger charge is -2.21. The summed E-state index contributed by atoms with van der Waals surface area (Å²) in [4.78, 5) is 18.5. The Bertz CT molecular complexity index is 582. The Morgan fingerprint density at radius 2 is 1.85 bits per heavy atom. The minimum atomic E-state index is 0.110. The van der Waals surface area contributed by atoms with Gasteiger partial charge in [0.15, 0.2) is 0 Å². The molecule has 20 heavy (non-hydrogen) atoms. The maximum Gasteiger partial charge on any atom is 0.254 e. The first kappa shape index (κ1) is 12.9. The van der Waals surface area contributed by atoms with Crippen LogP contribution < -0.4 is 0 Å². The largest absolute Gasteiger partial charge is 0.335 e. The molecule has 102 valence electrons. The molecule has 3 heteroatoms. The van der Waals surface area contributed by atoms with E-state index < -0.39 is 0 Å². The highest BCUT2D eigenvalue weighted by atomic mass is 16.2.